The van der Waals surface area contributed by atoms with Crippen LogP contribution in [0.15, 0.2) is 12.1 Å². The molecule has 1 aromatic rings. The van der Waals surface area contributed by atoms with E-state index in [4.69, 9.17) is 0 Å². The standard InChI is InChI=1S/C14H22O2/c1-5-11-6-7-12(9(2)3)13(14(11)16)8-10(4)15/h6-7,9-10,15-16H,5,8H2,1-4H3. The van der Waals surface area contributed by atoms with Gasteiger partial charge >= 0.3 is 0 Å². The zero-order valence-electron chi connectivity index (χ0n) is 10.6. The Morgan fingerprint density at radius 2 is 1.81 bits per heavy atom. The van der Waals surface area contributed by atoms with Gasteiger partial charge in [0, 0.05) is 12.0 Å². The molecular formula is C14H22O2. The van der Waals surface area contributed by atoms with Crippen LogP contribution in [0.1, 0.15) is 50.3 Å². The molecule has 16 heavy (non-hydrogen) atoms. The molecule has 1 unspecified atom stereocenters. The van der Waals surface area contributed by atoms with E-state index in [-0.39, 0.29) is 0 Å². The zero-order valence-corrected chi connectivity index (χ0v) is 10.6. The topological polar surface area (TPSA) is 40.5 Å². The lowest BCUT2D eigenvalue weighted by Crippen LogP contribution is -2.09. The number of aryl methyl sites for hydroxylation is 1. The van der Waals surface area contributed by atoms with E-state index in [2.05, 4.69) is 19.9 Å². The summed E-state index contributed by atoms with van der Waals surface area (Å²) in [5.41, 5.74) is 3.00. The van der Waals surface area contributed by atoms with E-state index in [9.17, 15) is 10.2 Å². The summed E-state index contributed by atoms with van der Waals surface area (Å²) >= 11 is 0. The molecular weight excluding hydrogens is 200 g/mol. The molecule has 2 nitrogen and oxygen atoms in total. The summed E-state index contributed by atoms with van der Waals surface area (Å²) < 4.78 is 0. The van der Waals surface area contributed by atoms with E-state index >= 15 is 0 Å². The first kappa shape index (κ1) is 13.0. The van der Waals surface area contributed by atoms with Gasteiger partial charge in [-0.05, 0) is 30.4 Å². The Labute approximate surface area is 97.9 Å². The second kappa shape index (κ2) is 5.35. The molecule has 1 aromatic carbocycles. The fraction of sp³-hybridized carbons (Fsp3) is 0.571. The molecule has 0 fully saturated rings. The molecule has 1 rings (SSSR count). The maximum absolute atomic E-state index is 10.2. The molecule has 0 radical (unpaired) electrons. The van der Waals surface area contributed by atoms with Crippen LogP contribution >= 0.6 is 0 Å². The molecule has 2 N–H and O–H groups in total. The molecule has 0 heterocycles. The maximum Gasteiger partial charge on any atom is 0.122 e. The van der Waals surface area contributed by atoms with E-state index in [0.717, 1.165) is 23.1 Å². The van der Waals surface area contributed by atoms with Crippen LogP contribution in [0.2, 0.25) is 0 Å². The Bertz CT molecular complexity index is 354. The van der Waals surface area contributed by atoms with Gasteiger partial charge in [-0.2, -0.15) is 0 Å². The minimum atomic E-state index is -0.421. The molecule has 0 spiro atoms. The normalized spacial score (nSPS) is 13.1. The van der Waals surface area contributed by atoms with Gasteiger partial charge in [0.2, 0.25) is 0 Å². The lowest BCUT2D eigenvalue weighted by molar-refractivity contribution is 0.194. The Morgan fingerprint density at radius 1 is 1.19 bits per heavy atom. The highest BCUT2D eigenvalue weighted by Gasteiger charge is 2.15. The summed E-state index contributed by atoms with van der Waals surface area (Å²) in [4.78, 5) is 0. The van der Waals surface area contributed by atoms with Crippen molar-refractivity contribution in [2.45, 2.75) is 52.6 Å². The summed E-state index contributed by atoms with van der Waals surface area (Å²) in [6.07, 6.45) is 0.917. The van der Waals surface area contributed by atoms with Gasteiger partial charge in [-0.1, -0.05) is 32.9 Å². The van der Waals surface area contributed by atoms with Crippen molar-refractivity contribution < 1.29 is 10.2 Å². The molecule has 0 saturated carbocycles. The number of aliphatic hydroxyl groups is 1. The fourth-order valence-electron chi connectivity index (χ4n) is 2.04. The van der Waals surface area contributed by atoms with Gasteiger partial charge in [0.1, 0.15) is 5.75 Å². The number of aliphatic hydroxyl groups excluding tert-OH is 1. The Hall–Kier alpha value is -1.02. The molecule has 1 atom stereocenters. The molecule has 0 aliphatic heterocycles. The number of rotatable bonds is 4. The van der Waals surface area contributed by atoms with Gasteiger partial charge in [-0.15, -0.1) is 0 Å². The fourth-order valence-corrected chi connectivity index (χ4v) is 2.04. The van der Waals surface area contributed by atoms with E-state index in [0.29, 0.717) is 18.1 Å². The minimum absolute atomic E-state index is 0.366. The lowest BCUT2D eigenvalue weighted by atomic mass is 9.90. The van der Waals surface area contributed by atoms with Gasteiger partial charge < -0.3 is 10.2 Å². The van der Waals surface area contributed by atoms with Crippen LogP contribution in [-0.4, -0.2) is 16.3 Å². The largest absolute Gasteiger partial charge is 0.507 e. The van der Waals surface area contributed by atoms with Crippen LogP contribution < -0.4 is 0 Å². The number of aromatic hydroxyl groups is 1. The number of phenols is 1. The highest BCUT2D eigenvalue weighted by atomic mass is 16.3. The van der Waals surface area contributed by atoms with Gasteiger partial charge in [0.25, 0.3) is 0 Å². The third kappa shape index (κ3) is 2.76. The summed E-state index contributed by atoms with van der Waals surface area (Å²) in [5, 5.41) is 19.6. The summed E-state index contributed by atoms with van der Waals surface area (Å²) in [7, 11) is 0. The Balaban J connectivity index is 3.25. The van der Waals surface area contributed by atoms with Gasteiger partial charge in [-0.3, -0.25) is 0 Å². The molecule has 0 bridgehead atoms. The predicted molar refractivity (Wildman–Crippen MR) is 67.0 cm³/mol. The Morgan fingerprint density at radius 3 is 2.25 bits per heavy atom. The van der Waals surface area contributed by atoms with Gasteiger partial charge in [0.15, 0.2) is 0 Å². The van der Waals surface area contributed by atoms with Gasteiger partial charge in [0.05, 0.1) is 6.10 Å². The third-order valence-corrected chi connectivity index (χ3v) is 2.90. The molecule has 0 amide bonds. The smallest absolute Gasteiger partial charge is 0.122 e. The zero-order chi connectivity index (χ0) is 12.3. The number of hydrogen-bond donors (Lipinski definition) is 2. The second-order valence-corrected chi connectivity index (χ2v) is 4.70. The van der Waals surface area contributed by atoms with E-state index < -0.39 is 6.10 Å². The van der Waals surface area contributed by atoms with Crippen molar-refractivity contribution in [3.05, 3.63) is 28.8 Å². The van der Waals surface area contributed by atoms with Crippen LogP contribution in [0.25, 0.3) is 0 Å². The first-order valence-electron chi connectivity index (χ1n) is 5.99. The van der Waals surface area contributed by atoms with Crippen LogP contribution in [0.4, 0.5) is 0 Å². The molecule has 0 aromatic heterocycles. The first-order valence-corrected chi connectivity index (χ1v) is 5.99. The van der Waals surface area contributed by atoms with Crippen LogP contribution in [0.5, 0.6) is 5.75 Å². The van der Waals surface area contributed by atoms with Crippen molar-refractivity contribution in [2.24, 2.45) is 0 Å². The summed E-state index contributed by atoms with van der Waals surface area (Å²) in [6.45, 7) is 7.98. The van der Waals surface area contributed by atoms with Crippen molar-refractivity contribution in [1.82, 2.24) is 0 Å². The molecule has 0 aliphatic rings. The van der Waals surface area contributed by atoms with E-state index in [1.807, 2.05) is 13.0 Å². The molecule has 0 saturated heterocycles. The number of benzene rings is 1. The quantitative estimate of drug-likeness (QED) is 0.822. The average molecular weight is 222 g/mol. The Kier molecular flexibility index (Phi) is 4.36. The maximum atomic E-state index is 10.2. The van der Waals surface area contributed by atoms with E-state index in [1.165, 1.54) is 0 Å². The van der Waals surface area contributed by atoms with Crippen LogP contribution in [-0.2, 0) is 12.8 Å². The number of phenolic OH excluding ortho intramolecular Hbond substituents is 1. The second-order valence-electron chi connectivity index (χ2n) is 4.70. The third-order valence-electron chi connectivity index (χ3n) is 2.90. The van der Waals surface area contributed by atoms with E-state index in [1.54, 1.807) is 6.92 Å². The predicted octanol–water partition coefficient (Wildman–Crippen LogP) is 3.00. The molecule has 90 valence electrons. The highest BCUT2D eigenvalue weighted by molar-refractivity contribution is 5.47. The van der Waals surface area contributed by atoms with Crippen molar-refractivity contribution in [3.63, 3.8) is 0 Å². The lowest BCUT2D eigenvalue weighted by Gasteiger charge is -2.18. The summed E-state index contributed by atoms with van der Waals surface area (Å²) in [5.74, 6) is 0.736. The van der Waals surface area contributed by atoms with Crippen molar-refractivity contribution >= 4 is 0 Å². The molecule has 2 heteroatoms. The summed E-state index contributed by atoms with van der Waals surface area (Å²) in [6, 6.07) is 4.05. The van der Waals surface area contributed by atoms with Crippen molar-refractivity contribution in [3.8, 4) is 5.75 Å². The minimum Gasteiger partial charge on any atom is -0.507 e. The van der Waals surface area contributed by atoms with Crippen LogP contribution in [0, 0.1) is 0 Å². The SMILES string of the molecule is CCc1ccc(C(C)C)c(CC(C)O)c1O. The van der Waals surface area contributed by atoms with Crippen molar-refractivity contribution in [1.29, 1.82) is 0 Å². The van der Waals surface area contributed by atoms with Crippen LogP contribution in [0.3, 0.4) is 0 Å². The van der Waals surface area contributed by atoms with Gasteiger partial charge in [-0.25, -0.2) is 0 Å². The van der Waals surface area contributed by atoms with Crippen molar-refractivity contribution in [2.75, 3.05) is 0 Å². The molecule has 0 aliphatic carbocycles. The highest BCUT2D eigenvalue weighted by Crippen LogP contribution is 2.31. The average Bonchev–Trinajstić information content (AvgIpc) is 2.19. The number of hydrogen-bond acceptors (Lipinski definition) is 2. The first-order chi connectivity index (χ1) is 7.47. The monoisotopic (exact) mass is 222 g/mol.